The maximum Gasteiger partial charge on any atom is 0.122 e. The standard InChI is InChI=1S/C18H18O2S/c19-11-2-1-6-17-9-10-18(21-17)13-20-16-8-7-14-4-3-5-15(14)12-16/h7-10,12,19H,2-5,11,13H2. The van der Waals surface area contributed by atoms with Gasteiger partial charge in [0.15, 0.2) is 0 Å². The molecular formula is C18H18O2S. The molecule has 0 saturated carbocycles. The number of aliphatic hydroxyl groups excluding tert-OH is 1. The molecule has 0 atom stereocenters. The van der Waals surface area contributed by atoms with Gasteiger partial charge in [-0.05, 0) is 54.7 Å². The lowest BCUT2D eigenvalue weighted by Gasteiger charge is -2.06. The van der Waals surface area contributed by atoms with Crippen molar-refractivity contribution < 1.29 is 9.84 Å². The van der Waals surface area contributed by atoms with Crippen LogP contribution < -0.4 is 4.74 Å². The number of ether oxygens (including phenoxy) is 1. The quantitative estimate of drug-likeness (QED) is 0.875. The Labute approximate surface area is 129 Å². The van der Waals surface area contributed by atoms with E-state index >= 15 is 0 Å². The molecular weight excluding hydrogens is 280 g/mol. The number of hydrogen-bond donors (Lipinski definition) is 1. The summed E-state index contributed by atoms with van der Waals surface area (Å²) >= 11 is 1.65. The van der Waals surface area contributed by atoms with Crippen molar-refractivity contribution in [1.29, 1.82) is 0 Å². The van der Waals surface area contributed by atoms with E-state index in [0.717, 1.165) is 10.6 Å². The molecule has 108 valence electrons. The van der Waals surface area contributed by atoms with Crippen LogP contribution in [0.1, 0.15) is 33.7 Å². The van der Waals surface area contributed by atoms with Gasteiger partial charge >= 0.3 is 0 Å². The van der Waals surface area contributed by atoms with Gasteiger partial charge < -0.3 is 9.84 Å². The Morgan fingerprint density at radius 2 is 2.05 bits per heavy atom. The molecule has 21 heavy (non-hydrogen) atoms. The first-order chi connectivity index (χ1) is 10.3. The Kier molecular flexibility index (Phi) is 4.59. The van der Waals surface area contributed by atoms with Gasteiger partial charge in [0.25, 0.3) is 0 Å². The van der Waals surface area contributed by atoms with Gasteiger partial charge in [0.05, 0.1) is 11.5 Å². The van der Waals surface area contributed by atoms with Gasteiger partial charge in [-0.15, -0.1) is 11.3 Å². The van der Waals surface area contributed by atoms with Gasteiger partial charge in [-0.25, -0.2) is 0 Å². The molecule has 0 saturated heterocycles. The molecule has 3 heteroatoms. The average molecular weight is 298 g/mol. The molecule has 0 amide bonds. The maximum atomic E-state index is 8.71. The molecule has 1 heterocycles. The van der Waals surface area contributed by atoms with E-state index in [1.165, 1.54) is 35.3 Å². The van der Waals surface area contributed by atoms with Crippen molar-refractivity contribution >= 4 is 11.3 Å². The van der Waals surface area contributed by atoms with E-state index in [-0.39, 0.29) is 6.61 Å². The predicted octanol–water partition coefficient (Wildman–Crippen LogP) is 3.55. The summed E-state index contributed by atoms with van der Waals surface area (Å²) in [5.41, 5.74) is 2.91. The van der Waals surface area contributed by atoms with Gasteiger partial charge in [-0.3, -0.25) is 0 Å². The molecule has 1 N–H and O–H groups in total. The van der Waals surface area contributed by atoms with Crippen molar-refractivity contribution in [3.05, 3.63) is 51.2 Å². The normalized spacial score (nSPS) is 12.6. The van der Waals surface area contributed by atoms with Gasteiger partial charge in [-0.1, -0.05) is 17.9 Å². The summed E-state index contributed by atoms with van der Waals surface area (Å²) in [4.78, 5) is 2.19. The molecule has 2 nitrogen and oxygen atoms in total. The SMILES string of the molecule is OCCC#Cc1ccc(COc2ccc3c(c2)CCC3)s1. The zero-order valence-electron chi connectivity index (χ0n) is 11.9. The van der Waals surface area contributed by atoms with E-state index in [2.05, 4.69) is 36.1 Å². The second kappa shape index (κ2) is 6.80. The molecule has 0 radical (unpaired) electrons. The van der Waals surface area contributed by atoms with E-state index < -0.39 is 0 Å². The number of aryl methyl sites for hydroxylation is 2. The monoisotopic (exact) mass is 298 g/mol. The smallest absolute Gasteiger partial charge is 0.122 e. The summed E-state index contributed by atoms with van der Waals surface area (Å²) in [5, 5.41) is 8.71. The molecule has 1 aliphatic carbocycles. The van der Waals surface area contributed by atoms with E-state index in [1.807, 2.05) is 6.07 Å². The van der Waals surface area contributed by atoms with E-state index in [1.54, 1.807) is 11.3 Å². The Morgan fingerprint density at radius 3 is 2.95 bits per heavy atom. The third-order valence-electron chi connectivity index (χ3n) is 3.56. The molecule has 0 fully saturated rings. The van der Waals surface area contributed by atoms with Crippen molar-refractivity contribution in [3.63, 3.8) is 0 Å². The van der Waals surface area contributed by atoms with Gasteiger partial charge in [-0.2, -0.15) is 0 Å². The van der Waals surface area contributed by atoms with E-state index in [4.69, 9.17) is 9.84 Å². The van der Waals surface area contributed by atoms with Gasteiger partial charge in [0, 0.05) is 11.3 Å². The first-order valence-electron chi connectivity index (χ1n) is 7.28. The highest BCUT2D eigenvalue weighted by Gasteiger charge is 2.11. The predicted molar refractivity (Wildman–Crippen MR) is 85.7 cm³/mol. The number of aliphatic hydroxyl groups is 1. The Bertz CT molecular complexity index is 676. The minimum atomic E-state index is 0.118. The average Bonchev–Trinajstić information content (AvgIpc) is 3.13. The summed E-state index contributed by atoms with van der Waals surface area (Å²) in [6.07, 6.45) is 4.17. The molecule has 0 bridgehead atoms. The topological polar surface area (TPSA) is 29.5 Å². The molecule has 0 aliphatic heterocycles. The molecule has 1 aromatic heterocycles. The third kappa shape index (κ3) is 3.66. The number of thiophene rings is 1. The zero-order chi connectivity index (χ0) is 14.5. The van der Waals surface area contributed by atoms with Crippen LogP contribution in [-0.2, 0) is 19.4 Å². The fraction of sp³-hybridized carbons (Fsp3) is 0.333. The number of benzene rings is 1. The highest BCUT2D eigenvalue weighted by atomic mass is 32.1. The van der Waals surface area contributed by atoms with Crippen molar-refractivity contribution in [2.24, 2.45) is 0 Å². The molecule has 1 aromatic carbocycles. The van der Waals surface area contributed by atoms with Crippen LogP contribution in [0.2, 0.25) is 0 Å². The van der Waals surface area contributed by atoms with Crippen LogP contribution in [0.3, 0.4) is 0 Å². The van der Waals surface area contributed by atoms with Crippen LogP contribution in [0.25, 0.3) is 0 Å². The minimum Gasteiger partial charge on any atom is -0.488 e. The Morgan fingerprint density at radius 1 is 1.14 bits per heavy atom. The summed E-state index contributed by atoms with van der Waals surface area (Å²) in [5.74, 6) is 6.94. The lowest BCUT2D eigenvalue weighted by Crippen LogP contribution is -1.93. The fourth-order valence-electron chi connectivity index (χ4n) is 2.52. The van der Waals surface area contributed by atoms with E-state index in [9.17, 15) is 0 Å². The highest BCUT2D eigenvalue weighted by molar-refractivity contribution is 7.12. The van der Waals surface area contributed by atoms with Crippen LogP contribution >= 0.6 is 11.3 Å². The molecule has 0 spiro atoms. The minimum absolute atomic E-state index is 0.118. The van der Waals surface area contributed by atoms with Crippen LogP contribution in [-0.4, -0.2) is 11.7 Å². The summed E-state index contributed by atoms with van der Waals surface area (Å²) in [6, 6.07) is 10.5. The number of hydrogen-bond acceptors (Lipinski definition) is 3. The highest BCUT2D eigenvalue weighted by Crippen LogP contribution is 2.27. The number of fused-ring (bicyclic) bond motifs is 1. The van der Waals surface area contributed by atoms with Gasteiger partial charge in [0.2, 0.25) is 0 Å². The first-order valence-corrected chi connectivity index (χ1v) is 8.10. The lowest BCUT2D eigenvalue weighted by atomic mass is 10.1. The van der Waals surface area contributed by atoms with Gasteiger partial charge in [0.1, 0.15) is 12.4 Å². The second-order valence-corrected chi connectivity index (χ2v) is 6.28. The van der Waals surface area contributed by atoms with E-state index in [0.29, 0.717) is 13.0 Å². The summed E-state index contributed by atoms with van der Waals surface area (Å²) in [7, 11) is 0. The first kappa shape index (κ1) is 14.2. The lowest BCUT2D eigenvalue weighted by molar-refractivity contribution is 0.305. The zero-order valence-corrected chi connectivity index (χ0v) is 12.7. The van der Waals surface area contributed by atoms with Crippen LogP contribution in [0.5, 0.6) is 5.75 Å². The third-order valence-corrected chi connectivity index (χ3v) is 4.54. The summed E-state index contributed by atoms with van der Waals surface area (Å²) < 4.78 is 5.88. The van der Waals surface area contributed by atoms with Crippen LogP contribution in [0.4, 0.5) is 0 Å². The largest absolute Gasteiger partial charge is 0.488 e. The van der Waals surface area contributed by atoms with Crippen molar-refractivity contribution in [1.82, 2.24) is 0 Å². The number of rotatable bonds is 4. The molecule has 0 unspecified atom stereocenters. The van der Waals surface area contributed by atoms with Crippen molar-refractivity contribution in [2.75, 3.05) is 6.61 Å². The van der Waals surface area contributed by atoms with Crippen LogP contribution in [0.15, 0.2) is 30.3 Å². The molecule has 3 rings (SSSR count). The maximum absolute atomic E-state index is 8.71. The Hall–Kier alpha value is -1.76. The summed E-state index contributed by atoms with van der Waals surface area (Å²) in [6.45, 7) is 0.706. The second-order valence-electron chi connectivity index (χ2n) is 5.11. The molecule has 2 aromatic rings. The molecule has 1 aliphatic rings. The van der Waals surface area contributed by atoms with Crippen molar-refractivity contribution in [2.45, 2.75) is 32.3 Å². The Balaban J connectivity index is 1.59. The van der Waals surface area contributed by atoms with Crippen LogP contribution in [0, 0.1) is 11.8 Å². The van der Waals surface area contributed by atoms with Crippen molar-refractivity contribution in [3.8, 4) is 17.6 Å². The fourth-order valence-corrected chi connectivity index (χ4v) is 3.32.